The minimum absolute atomic E-state index is 0.111. The van der Waals surface area contributed by atoms with E-state index in [2.05, 4.69) is 24.1 Å². The third-order valence-corrected chi connectivity index (χ3v) is 3.65. The van der Waals surface area contributed by atoms with Crippen LogP contribution in [0.15, 0.2) is 0 Å². The standard InChI is InChI=1S/C13H26N2O2/c1-4-11(5-2)14-12(16)10-15-8-6-13(3,17)7-9-15/h11,17H,4-10H2,1-3H3,(H,14,16). The van der Waals surface area contributed by atoms with Crippen LogP contribution in [-0.2, 0) is 4.79 Å². The maximum Gasteiger partial charge on any atom is 0.234 e. The van der Waals surface area contributed by atoms with Gasteiger partial charge in [0.15, 0.2) is 0 Å². The van der Waals surface area contributed by atoms with Crippen molar-refractivity contribution in [2.45, 2.75) is 58.1 Å². The number of aliphatic hydroxyl groups is 1. The Morgan fingerprint density at radius 1 is 1.35 bits per heavy atom. The number of hydrogen-bond donors (Lipinski definition) is 2. The Morgan fingerprint density at radius 3 is 2.35 bits per heavy atom. The van der Waals surface area contributed by atoms with E-state index < -0.39 is 5.60 Å². The van der Waals surface area contributed by atoms with Gasteiger partial charge < -0.3 is 10.4 Å². The van der Waals surface area contributed by atoms with Gasteiger partial charge in [-0.25, -0.2) is 0 Å². The lowest BCUT2D eigenvalue weighted by molar-refractivity contribution is -0.124. The van der Waals surface area contributed by atoms with Crippen LogP contribution in [0.3, 0.4) is 0 Å². The van der Waals surface area contributed by atoms with Crippen molar-refractivity contribution in [3.05, 3.63) is 0 Å². The highest BCUT2D eigenvalue weighted by molar-refractivity contribution is 5.78. The summed E-state index contributed by atoms with van der Waals surface area (Å²) in [5.74, 6) is 0.111. The van der Waals surface area contributed by atoms with Crippen LogP contribution in [0.2, 0.25) is 0 Å². The molecule has 1 fully saturated rings. The first-order valence-electron chi connectivity index (χ1n) is 6.71. The molecule has 0 saturated carbocycles. The summed E-state index contributed by atoms with van der Waals surface area (Å²) >= 11 is 0. The first-order chi connectivity index (χ1) is 7.96. The van der Waals surface area contributed by atoms with E-state index in [0.717, 1.165) is 38.8 Å². The fourth-order valence-electron chi connectivity index (χ4n) is 2.16. The minimum Gasteiger partial charge on any atom is -0.390 e. The predicted octanol–water partition coefficient (Wildman–Crippen LogP) is 1.14. The molecule has 1 aliphatic heterocycles. The molecule has 4 nitrogen and oxygen atoms in total. The molecule has 1 amide bonds. The summed E-state index contributed by atoms with van der Waals surface area (Å²) in [6.07, 6.45) is 3.48. The highest BCUT2D eigenvalue weighted by atomic mass is 16.3. The van der Waals surface area contributed by atoms with Crippen molar-refractivity contribution in [2.75, 3.05) is 19.6 Å². The first-order valence-corrected chi connectivity index (χ1v) is 6.71. The molecule has 1 saturated heterocycles. The molecule has 0 aromatic heterocycles. The van der Waals surface area contributed by atoms with Crippen molar-refractivity contribution < 1.29 is 9.90 Å². The summed E-state index contributed by atoms with van der Waals surface area (Å²) in [6.45, 7) is 8.13. The molecule has 17 heavy (non-hydrogen) atoms. The highest BCUT2D eigenvalue weighted by Gasteiger charge is 2.28. The average Bonchev–Trinajstić information content (AvgIpc) is 2.29. The quantitative estimate of drug-likeness (QED) is 0.760. The summed E-state index contributed by atoms with van der Waals surface area (Å²) in [5, 5.41) is 12.9. The summed E-state index contributed by atoms with van der Waals surface area (Å²) in [7, 11) is 0. The molecule has 0 aliphatic carbocycles. The molecule has 0 bridgehead atoms. The fraction of sp³-hybridized carbons (Fsp3) is 0.923. The van der Waals surface area contributed by atoms with Crippen LogP contribution in [-0.4, -0.2) is 47.2 Å². The lowest BCUT2D eigenvalue weighted by Crippen LogP contribution is -2.47. The zero-order valence-electron chi connectivity index (χ0n) is 11.3. The van der Waals surface area contributed by atoms with Gasteiger partial charge in [0.05, 0.1) is 12.1 Å². The lowest BCUT2D eigenvalue weighted by Gasteiger charge is -2.35. The molecular formula is C13H26N2O2. The van der Waals surface area contributed by atoms with E-state index in [1.807, 2.05) is 6.92 Å². The Hall–Kier alpha value is -0.610. The second-order valence-corrected chi connectivity index (χ2v) is 5.35. The van der Waals surface area contributed by atoms with Crippen LogP contribution < -0.4 is 5.32 Å². The number of carbonyl (C=O) groups excluding carboxylic acids is 1. The SMILES string of the molecule is CCC(CC)NC(=O)CN1CCC(C)(O)CC1. The second kappa shape index (κ2) is 6.36. The smallest absolute Gasteiger partial charge is 0.234 e. The summed E-state index contributed by atoms with van der Waals surface area (Å²) in [4.78, 5) is 13.9. The Balaban J connectivity index is 2.28. The van der Waals surface area contributed by atoms with Crippen LogP contribution in [0.1, 0.15) is 46.5 Å². The normalized spacial score (nSPS) is 20.5. The van der Waals surface area contributed by atoms with Crippen LogP contribution >= 0.6 is 0 Å². The monoisotopic (exact) mass is 242 g/mol. The zero-order chi connectivity index (χ0) is 12.9. The summed E-state index contributed by atoms with van der Waals surface area (Å²) in [6, 6.07) is 0.301. The molecule has 1 rings (SSSR count). The van der Waals surface area contributed by atoms with Gasteiger partial charge in [0, 0.05) is 19.1 Å². The maximum absolute atomic E-state index is 11.8. The van der Waals surface area contributed by atoms with Gasteiger partial charge >= 0.3 is 0 Å². The average molecular weight is 242 g/mol. The Bertz CT molecular complexity index is 240. The first kappa shape index (κ1) is 14.5. The molecule has 1 heterocycles. The maximum atomic E-state index is 11.8. The zero-order valence-corrected chi connectivity index (χ0v) is 11.3. The van der Waals surface area contributed by atoms with Crippen molar-refractivity contribution in [3.8, 4) is 0 Å². The van der Waals surface area contributed by atoms with E-state index >= 15 is 0 Å². The van der Waals surface area contributed by atoms with Gasteiger partial charge in [-0.3, -0.25) is 9.69 Å². The molecule has 0 unspecified atom stereocenters. The van der Waals surface area contributed by atoms with Crippen molar-refractivity contribution >= 4 is 5.91 Å². The van der Waals surface area contributed by atoms with Gasteiger partial charge in [0.25, 0.3) is 0 Å². The van der Waals surface area contributed by atoms with Gasteiger partial charge in [-0.2, -0.15) is 0 Å². The molecule has 0 atom stereocenters. The van der Waals surface area contributed by atoms with E-state index in [1.165, 1.54) is 0 Å². The number of piperidine rings is 1. The van der Waals surface area contributed by atoms with Crippen LogP contribution in [0.4, 0.5) is 0 Å². The van der Waals surface area contributed by atoms with Crippen molar-refractivity contribution in [1.82, 2.24) is 10.2 Å². The minimum atomic E-state index is -0.539. The Morgan fingerprint density at radius 2 is 1.88 bits per heavy atom. The molecule has 0 radical (unpaired) electrons. The summed E-state index contributed by atoms with van der Waals surface area (Å²) < 4.78 is 0. The number of likely N-dealkylation sites (tertiary alicyclic amines) is 1. The van der Waals surface area contributed by atoms with E-state index in [1.54, 1.807) is 0 Å². The van der Waals surface area contributed by atoms with Crippen LogP contribution in [0, 0.1) is 0 Å². The van der Waals surface area contributed by atoms with Crippen molar-refractivity contribution in [3.63, 3.8) is 0 Å². The number of amides is 1. The molecule has 2 N–H and O–H groups in total. The molecule has 0 aromatic carbocycles. The second-order valence-electron chi connectivity index (χ2n) is 5.35. The van der Waals surface area contributed by atoms with Gasteiger partial charge in [-0.05, 0) is 32.6 Å². The van der Waals surface area contributed by atoms with Crippen LogP contribution in [0.5, 0.6) is 0 Å². The predicted molar refractivity (Wildman–Crippen MR) is 68.8 cm³/mol. The number of hydrogen-bond acceptors (Lipinski definition) is 3. The largest absolute Gasteiger partial charge is 0.390 e. The van der Waals surface area contributed by atoms with E-state index in [-0.39, 0.29) is 5.91 Å². The number of nitrogens with one attached hydrogen (secondary N) is 1. The van der Waals surface area contributed by atoms with Gasteiger partial charge in [-0.1, -0.05) is 13.8 Å². The number of nitrogens with zero attached hydrogens (tertiary/aromatic N) is 1. The third-order valence-electron chi connectivity index (χ3n) is 3.65. The number of rotatable bonds is 5. The van der Waals surface area contributed by atoms with E-state index in [0.29, 0.717) is 12.6 Å². The summed E-state index contributed by atoms with van der Waals surface area (Å²) in [5.41, 5.74) is -0.539. The Kier molecular flexibility index (Phi) is 5.40. The topological polar surface area (TPSA) is 52.6 Å². The molecule has 0 aromatic rings. The van der Waals surface area contributed by atoms with Crippen molar-refractivity contribution in [1.29, 1.82) is 0 Å². The lowest BCUT2D eigenvalue weighted by atomic mass is 9.94. The van der Waals surface area contributed by atoms with Crippen molar-refractivity contribution in [2.24, 2.45) is 0 Å². The van der Waals surface area contributed by atoms with Crippen LogP contribution in [0.25, 0.3) is 0 Å². The molecule has 100 valence electrons. The van der Waals surface area contributed by atoms with E-state index in [9.17, 15) is 9.90 Å². The molecule has 1 aliphatic rings. The number of carbonyl (C=O) groups is 1. The molecular weight excluding hydrogens is 216 g/mol. The Labute approximate surface area is 104 Å². The van der Waals surface area contributed by atoms with Gasteiger partial charge in [0.1, 0.15) is 0 Å². The van der Waals surface area contributed by atoms with Gasteiger partial charge in [-0.15, -0.1) is 0 Å². The highest BCUT2D eigenvalue weighted by Crippen LogP contribution is 2.20. The fourth-order valence-corrected chi connectivity index (χ4v) is 2.16. The van der Waals surface area contributed by atoms with E-state index in [4.69, 9.17) is 0 Å². The molecule has 4 heteroatoms. The third kappa shape index (κ3) is 5.04. The van der Waals surface area contributed by atoms with Gasteiger partial charge in [0.2, 0.25) is 5.91 Å². The molecule has 0 spiro atoms.